The molecule has 1 aromatic heterocycles. The summed E-state index contributed by atoms with van der Waals surface area (Å²) in [5, 5.41) is 3.10. The molecule has 1 saturated carbocycles. The van der Waals surface area contributed by atoms with E-state index in [2.05, 4.69) is 29.1 Å². The summed E-state index contributed by atoms with van der Waals surface area (Å²) in [7, 11) is 0. The van der Waals surface area contributed by atoms with Crippen LogP contribution in [0.4, 0.5) is 0 Å². The van der Waals surface area contributed by atoms with Crippen LogP contribution in [0, 0.1) is 18.3 Å². The number of nitrogens with zero attached hydrogens (tertiary/aromatic N) is 1. The van der Waals surface area contributed by atoms with Crippen LogP contribution in [0.15, 0.2) is 30.5 Å². The molecule has 122 valence electrons. The number of aromatic nitrogens is 2. The second-order valence-electron chi connectivity index (χ2n) is 7.25. The summed E-state index contributed by atoms with van der Waals surface area (Å²) in [5.74, 6) is 1.49. The fourth-order valence-corrected chi connectivity index (χ4v) is 3.46. The van der Waals surface area contributed by atoms with Gasteiger partial charge in [0.2, 0.25) is 0 Å². The number of benzene rings is 1. The summed E-state index contributed by atoms with van der Waals surface area (Å²) in [6, 6.07) is 7.67. The maximum absolute atomic E-state index is 12.3. The van der Waals surface area contributed by atoms with Gasteiger partial charge in [-0.2, -0.15) is 0 Å². The second kappa shape index (κ2) is 6.19. The van der Waals surface area contributed by atoms with Gasteiger partial charge in [-0.15, -0.1) is 0 Å². The largest absolute Gasteiger partial charge is 0.352 e. The van der Waals surface area contributed by atoms with Crippen LogP contribution in [-0.2, 0) is 0 Å². The molecule has 3 rings (SSSR count). The van der Waals surface area contributed by atoms with E-state index in [0.29, 0.717) is 16.9 Å². The van der Waals surface area contributed by atoms with Crippen molar-refractivity contribution in [3.8, 4) is 11.3 Å². The van der Waals surface area contributed by atoms with E-state index in [4.69, 9.17) is 0 Å². The van der Waals surface area contributed by atoms with E-state index in [1.807, 2.05) is 37.4 Å². The number of aromatic amines is 1. The van der Waals surface area contributed by atoms with Gasteiger partial charge in [0, 0.05) is 12.1 Å². The summed E-state index contributed by atoms with van der Waals surface area (Å²) in [6.45, 7) is 7.30. The van der Waals surface area contributed by atoms with Crippen molar-refractivity contribution >= 4 is 5.91 Å². The highest BCUT2D eigenvalue weighted by molar-refractivity contribution is 5.94. The predicted molar refractivity (Wildman–Crippen MR) is 92.2 cm³/mol. The van der Waals surface area contributed by atoms with Crippen LogP contribution >= 0.6 is 0 Å². The van der Waals surface area contributed by atoms with Crippen molar-refractivity contribution in [2.75, 3.05) is 6.54 Å². The molecule has 4 heteroatoms. The first-order valence-corrected chi connectivity index (χ1v) is 8.36. The molecule has 0 radical (unpaired) electrons. The molecule has 0 saturated heterocycles. The maximum atomic E-state index is 12.3. The summed E-state index contributed by atoms with van der Waals surface area (Å²) >= 11 is 0. The van der Waals surface area contributed by atoms with E-state index in [-0.39, 0.29) is 5.91 Å². The molecule has 1 fully saturated rings. The van der Waals surface area contributed by atoms with Crippen molar-refractivity contribution in [3.05, 3.63) is 41.9 Å². The van der Waals surface area contributed by atoms with Crippen molar-refractivity contribution in [3.63, 3.8) is 0 Å². The van der Waals surface area contributed by atoms with Crippen LogP contribution < -0.4 is 5.32 Å². The lowest BCUT2D eigenvalue weighted by atomic mass is 9.82. The first-order chi connectivity index (χ1) is 11.0. The number of imidazole rings is 1. The van der Waals surface area contributed by atoms with Gasteiger partial charge in [0.1, 0.15) is 5.82 Å². The minimum absolute atomic E-state index is 0.0139. The molecule has 1 heterocycles. The number of hydrogen-bond donors (Lipinski definition) is 2. The molecule has 23 heavy (non-hydrogen) atoms. The molecular formula is C19H25N3O. The number of H-pyrrole nitrogens is 1. The van der Waals surface area contributed by atoms with Crippen molar-refractivity contribution in [1.82, 2.24) is 15.3 Å². The number of aryl methyl sites for hydroxylation is 1. The third-order valence-electron chi connectivity index (χ3n) is 5.15. The molecule has 0 bridgehead atoms. The Bertz CT molecular complexity index is 685. The zero-order valence-corrected chi connectivity index (χ0v) is 14.1. The number of carbonyl (C=O) groups excluding carboxylic acids is 1. The van der Waals surface area contributed by atoms with Crippen molar-refractivity contribution in [1.29, 1.82) is 0 Å². The van der Waals surface area contributed by atoms with Crippen LogP contribution in [0.3, 0.4) is 0 Å². The minimum atomic E-state index is 0.0139. The van der Waals surface area contributed by atoms with Gasteiger partial charge < -0.3 is 10.3 Å². The third-order valence-corrected chi connectivity index (χ3v) is 5.15. The number of hydrogen-bond acceptors (Lipinski definition) is 2. The predicted octanol–water partition coefficient (Wildman–Crippen LogP) is 3.94. The summed E-state index contributed by atoms with van der Waals surface area (Å²) in [5.41, 5.74) is 3.07. The third kappa shape index (κ3) is 3.46. The standard InChI is InChI=1S/C19H25N3O/c1-13-20-12-17(22-13)14-6-8-15(9-7-14)18(23)21-11-16-5-4-10-19(16,2)3/h6-9,12,16H,4-5,10-11H2,1-3H3,(H,20,22)(H,21,23). The zero-order valence-electron chi connectivity index (χ0n) is 14.1. The molecule has 0 spiro atoms. The van der Waals surface area contributed by atoms with Crippen molar-refractivity contribution in [2.45, 2.75) is 40.0 Å². The van der Waals surface area contributed by atoms with Gasteiger partial charge in [-0.1, -0.05) is 32.4 Å². The van der Waals surface area contributed by atoms with Crippen molar-refractivity contribution in [2.24, 2.45) is 11.3 Å². The molecule has 1 unspecified atom stereocenters. The Morgan fingerprint density at radius 2 is 2.09 bits per heavy atom. The average molecular weight is 311 g/mol. The molecule has 2 N–H and O–H groups in total. The molecule has 1 aliphatic carbocycles. The van der Waals surface area contributed by atoms with Gasteiger partial charge in [-0.3, -0.25) is 4.79 Å². The van der Waals surface area contributed by atoms with Gasteiger partial charge >= 0.3 is 0 Å². The average Bonchev–Trinajstić information content (AvgIpc) is 3.10. The van der Waals surface area contributed by atoms with Gasteiger partial charge in [0.05, 0.1) is 11.9 Å². The van der Waals surface area contributed by atoms with E-state index in [1.54, 1.807) is 0 Å². The summed E-state index contributed by atoms with van der Waals surface area (Å²) in [4.78, 5) is 19.7. The Hall–Kier alpha value is -2.10. The maximum Gasteiger partial charge on any atom is 0.251 e. The molecule has 4 nitrogen and oxygen atoms in total. The number of rotatable bonds is 4. The SMILES string of the molecule is Cc1ncc(-c2ccc(C(=O)NCC3CCCC3(C)C)cc2)[nH]1. The zero-order chi connectivity index (χ0) is 16.4. The number of carbonyl (C=O) groups is 1. The van der Waals surface area contributed by atoms with Gasteiger partial charge in [-0.25, -0.2) is 4.98 Å². The second-order valence-corrected chi connectivity index (χ2v) is 7.25. The fraction of sp³-hybridized carbons (Fsp3) is 0.474. The number of nitrogens with one attached hydrogen (secondary N) is 2. The normalized spacial score (nSPS) is 19.7. The van der Waals surface area contributed by atoms with Crippen LogP contribution in [0.1, 0.15) is 49.3 Å². The Morgan fingerprint density at radius 3 is 2.65 bits per heavy atom. The molecule has 1 aliphatic rings. The fourth-order valence-electron chi connectivity index (χ4n) is 3.46. The minimum Gasteiger partial charge on any atom is -0.352 e. The Kier molecular flexibility index (Phi) is 4.24. The topological polar surface area (TPSA) is 57.8 Å². The highest BCUT2D eigenvalue weighted by Gasteiger charge is 2.34. The van der Waals surface area contributed by atoms with E-state index in [9.17, 15) is 4.79 Å². The molecular weight excluding hydrogens is 286 g/mol. The highest BCUT2D eigenvalue weighted by atomic mass is 16.1. The lowest BCUT2D eigenvalue weighted by molar-refractivity contribution is 0.0937. The summed E-state index contributed by atoms with van der Waals surface area (Å²) in [6.07, 6.45) is 5.55. The van der Waals surface area contributed by atoms with E-state index < -0.39 is 0 Å². The number of amides is 1. The highest BCUT2D eigenvalue weighted by Crippen LogP contribution is 2.42. The molecule has 1 amide bonds. The van der Waals surface area contributed by atoms with E-state index in [0.717, 1.165) is 23.6 Å². The lowest BCUT2D eigenvalue weighted by Crippen LogP contribution is -2.33. The molecule has 0 aliphatic heterocycles. The Morgan fingerprint density at radius 1 is 1.35 bits per heavy atom. The van der Waals surface area contributed by atoms with E-state index in [1.165, 1.54) is 19.3 Å². The van der Waals surface area contributed by atoms with E-state index >= 15 is 0 Å². The van der Waals surface area contributed by atoms with Crippen molar-refractivity contribution < 1.29 is 4.79 Å². The Balaban J connectivity index is 1.62. The van der Waals surface area contributed by atoms with Gasteiger partial charge in [0.25, 0.3) is 5.91 Å². The monoisotopic (exact) mass is 311 g/mol. The quantitative estimate of drug-likeness (QED) is 0.898. The van der Waals surface area contributed by atoms with Crippen LogP contribution in [0.25, 0.3) is 11.3 Å². The Labute approximate surface area is 137 Å². The van der Waals surface area contributed by atoms with Gasteiger partial charge in [-0.05, 0) is 48.8 Å². The van der Waals surface area contributed by atoms with Crippen LogP contribution in [-0.4, -0.2) is 22.4 Å². The molecule has 1 atom stereocenters. The molecule has 1 aromatic carbocycles. The van der Waals surface area contributed by atoms with Crippen LogP contribution in [0.2, 0.25) is 0 Å². The summed E-state index contributed by atoms with van der Waals surface area (Å²) < 4.78 is 0. The first kappa shape index (κ1) is 15.8. The first-order valence-electron chi connectivity index (χ1n) is 8.36. The van der Waals surface area contributed by atoms with Crippen LogP contribution in [0.5, 0.6) is 0 Å². The van der Waals surface area contributed by atoms with Gasteiger partial charge in [0.15, 0.2) is 0 Å². The lowest BCUT2D eigenvalue weighted by Gasteiger charge is -2.27. The smallest absolute Gasteiger partial charge is 0.251 e. The molecule has 2 aromatic rings.